The SMILES string of the molecule is CCOC(=O)c1cc2c(N3CCCN(C)CC3)ccnc2n2c1nc1ccccc12.CN1CCCN(c2ccnc3c2cc(C(=O)O)c2nc4ccccc4n23)CC1. The lowest BCUT2D eigenvalue weighted by molar-refractivity contribution is 0.0527. The van der Waals surface area contributed by atoms with E-state index < -0.39 is 5.97 Å². The molecule has 0 bridgehead atoms. The summed E-state index contributed by atoms with van der Waals surface area (Å²) in [4.78, 5) is 52.9. The standard InChI is InChI=1S/C23H25N5O2.C21H21N5O2/c1-3-30-23(29)17-15-16-19(27-12-6-11-26(2)13-14-27)9-10-24-21(16)28-20-8-5-4-7-18(20)25-22(17)28;1-24-9-4-10-25(12-11-24)17-7-8-22-19-14(17)13-15(21(27)28)20-23-16-5-2-3-6-18(16)26(19)20/h4-5,7-10,15H,3,6,11-14H2,1-2H3;2-3,5-8,13H,4,9-12H2,1H3,(H,27,28). The molecule has 0 radical (unpaired) electrons. The van der Waals surface area contributed by atoms with E-state index in [2.05, 4.69) is 43.7 Å². The number of hydrogen-bond acceptors (Lipinski definition) is 11. The smallest absolute Gasteiger partial charge is 0.341 e. The van der Waals surface area contributed by atoms with Crippen LogP contribution in [0, 0.1) is 0 Å². The van der Waals surface area contributed by atoms with Gasteiger partial charge in [0.1, 0.15) is 22.4 Å². The van der Waals surface area contributed by atoms with E-state index in [1.165, 1.54) is 0 Å². The van der Waals surface area contributed by atoms with E-state index in [9.17, 15) is 14.7 Å². The summed E-state index contributed by atoms with van der Waals surface area (Å²) in [6, 6.07) is 23.3. The molecular weight excluding hydrogens is 733 g/mol. The number of carboxylic acid groups (broad SMARTS) is 1. The number of aromatic carboxylic acids is 1. The van der Waals surface area contributed by atoms with Crippen molar-refractivity contribution in [3.05, 3.63) is 96.3 Å². The van der Waals surface area contributed by atoms with E-state index in [-0.39, 0.29) is 11.5 Å². The van der Waals surface area contributed by atoms with Crippen molar-refractivity contribution >= 4 is 78.7 Å². The Morgan fingerprint density at radius 3 is 1.60 bits per heavy atom. The minimum absolute atomic E-state index is 0.199. The Morgan fingerprint density at radius 2 is 1.10 bits per heavy atom. The molecule has 6 aromatic heterocycles. The van der Waals surface area contributed by atoms with Gasteiger partial charge in [0.05, 0.1) is 28.7 Å². The number of anilines is 2. The second-order valence-corrected chi connectivity index (χ2v) is 15.1. The quantitative estimate of drug-likeness (QED) is 0.199. The van der Waals surface area contributed by atoms with Crippen molar-refractivity contribution in [2.45, 2.75) is 19.8 Å². The van der Waals surface area contributed by atoms with Gasteiger partial charge in [-0.3, -0.25) is 8.80 Å². The highest BCUT2D eigenvalue weighted by Crippen LogP contribution is 2.33. The second kappa shape index (κ2) is 15.5. The first-order chi connectivity index (χ1) is 28.3. The molecule has 0 saturated carbocycles. The summed E-state index contributed by atoms with van der Waals surface area (Å²) >= 11 is 0. The van der Waals surface area contributed by atoms with Crippen LogP contribution < -0.4 is 9.80 Å². The van der Waals surface area contributed by atoms with Gasteiger partial charge in [0.15, 0.2) is 11.3 Å². The molecule has 0 unspecified atom stereocenters. The van der Waals surface area contributed by atoms with Gasteiger partial charge in [0.25, 0.3) is 0 Å². The molecule has 2 saturated heterocycles. The molecule has 0 atom stereocenters. The second-order valence-electron chi connectivity index (χ2n) is 15.1. The molecule has 0 aliphatic carbocycles. The van der Waals surface area contributed by atoms with E-state index in [1.807, 2.05) is 88.7 Å². The number of benzene rings is 2. The van der Waals surface area contributed by atoms with Crippen molar-refractivity contribution in [1.29, 1.82) is 0 Å². The summed E-state index contributed by atoms with van der Waals surface area (Å²) in [6.45, 7) is 10.0. The van der Waals surface area contributed by atoms with Crippen LogP contribution in [0.5, 0.6) is 0 Å². The largest absolute Gasteiger partial charge is 0.478 e. The van der Waals surface area contributed by atoms with Gasteiger partial charge < -0.3 is 29.4 Å². The van der Waals surface area contributed by atoms with Gasteiger partial charge in [-0.05, 0) is 95.5 Å². The lowest BCUT2D eigenvalue weighted by Crippen LogP contribution is -2.29. The van der Waals surface area contributed by atoms with Crippen molar-refractivity contribution in [2.24, 2.45) is 0 Å². The third-order valence-corrected chi connectivity index (χ3v) is 11.3. The number of pyridine rings is 4. The molecule has 0 amide bonds. The van der Waals surface area contributed by atoms with Crippen LogP contribution in [-0.4, -0.2) is 129 Å². The molecule has 2 aromatic carbocycles. The highest BCUT2D eigenvalue weighted by Gasteiger charge is 2.24. The van der Waals surface area contributed by atoms with Gasteiger partial charge in [-0.25, -0.2) is 29.5 Å². The van der Waals surface area contributed by atoms with Gasteiger partial charge in [-0.1, -0.05) is 24.3 Å². The molecule has 296 valence electrons. The van der Waals surface area contributed by atoms with Crippen molar-refractivity contribution in [2.75, 3.05) is 82.9 Å². The van der Waals surface area contributed by atoms with Crippen LogP contribution in [0.15, 0.2) is 85.2 Å². The highest BCUT2D eigenvalue weighted by atomic mass is 16.5. The summed E-state index contributed by atoms with van der Waals surface area (Å²) in [5.41, 5.74) is 8.76. The molecule has 14 heteroatoms. The number of carbonyl (C=O) groups is 2. The predicted octanol–water partition coefficient (Wildman–Crippen LogP) is 6.23. The minimum Gasteiger partial charge on any atom is -0.478 e. The third-order valence-electron chi connectivity index (χ3n) is 11.3. The molecular formula is C44H46N10O4. The monoisotopic (exact) mass is 778 g/mol. The molecule has 8 heterocycles. The summed E-state index contributed by atoms with van der Waals surface area (Å²) in [7, 11) is 4.30. The van der Waals surface area contributed by atoms with Crippen LogP contribution in [0.25, 0.3) is 55.4 Å². The Balaban J connectivity index is 0.000000151. The number of aromatic nitrogens is 6. The topological polar surface area (TPSA) is 137 Å². The minimum atomic E-state index is -0.979. The normalized spacial score (nSPS) is 15.9. The highest BCUT2D eigenvalue weighted by molar-refractivity contribution is 6.06. The number of carbonyl (C=O) groups excluding carboxylic acids is 1. The molecule has 2 aliphatic rings. The maximum Gasteiger partial charge on any atom is 0.341 e. The number of hydrogen-bond donors (Lipinski definition) is 1. The lowest BCUT2D eigenvalue weighted by atomic mass is 10.1. The fourth-order valence-electron chi connectivity index (χ4n) is 8.44. The average Bonchev–Trinajstić information content (AvgIpc) is 3.65. The van der Waals surface area contributed by atoms with Crippen molar-refractivity contribution in [3.63, 3.8) is 0 Å². The number of fused-ring (bicyclic) bond motifs is 10. The Bertz CT molecular complexity index is 2850. The van der Waals surface area contributed by atoms with Crippen LogP contribution >= 0.6 is 0 Å². The van der Waals surface area contributed by atoms with Crippen molar-refractivity contribution in [3.8, 4) is 0 Å². The zero-order chi connectivity index (χ0) is 39.9. The summed E-state index contributed by atoms with van der Waals surface area (Å²) in [6.07, 6.45) is 5.83. The number of ether oxygens (including phenoxy) is 1. The Labute approximate surface area is 334 Å². The van der Waals surface area contributed by atoms with E-state index >= 15 is 0 Å². The number of para-hydroxylation sites is 4. The van der Waals surface area contributed by atoms with Gasteiger partial charge in [-0.15, -0.1) is 0 Å². The van der Waals surface area contributed by atoms with Crippen molar-refractivity contribution < 1.29 is 19.4 Å². The lowest BCUT2D eigenvalue weighted by Gasteiger charge is -2.24. The summed E-state index contributed by atoms with van der Waals surface area (Å²) < 4.78 is 9.23. The van der Waals surface area contributed by atoms with E-state index in [0.29, 0.717) is 23.5 Å². The van der Waals surface area contributed by atoms with Crippen LogP contribution in [0.2, 0.25) is 0 Å². The van der Waals surface area contributed by atoms with E-state index in [1.54, 1.807) is 12.3 Å². The van der Waals surface area contributed by atoms with Crippen LogP contribution in [0.1, 0.15) is 40.5 Å². The first-order valence-electron chi connectivity index (χ1n) is 20.0. The molecule has 1 N–H and O–H groups in total. The first kappa shape index (κ1) is 37.2. The number of carboxylic acids is 1. The number of likely N-dealkylation sites (N-methyl/N-ethyl adjacent to an activating group) is 2. The Kier molecular flexibility index (Phi) is 9.96. The Hall–Kier alpha value is -6.38. The fourth-order valence-corrected chi connectivity index (χ4v) is 8.44. The average molecular weight is 779 g/mol. The van der Waals surface area contributed by atoms with E-state index in [0.717, 1.165) is 121 Å². The molecule has 2 fully saturated rings. The maximum atomic E-state index is 12.8. The third kappa shape index (κ3) is 6.67. The number of rotatable bonds is 5. The Morgan fingerprint density at radius 1 is 0.621 bits per heavy atom. The summed E-state index contributed by atoms with van der Waals surface area (Å²) in [5.74, 6) is -1.34. The van der Waals surface area contributed by atoms with Crippen LogP contribution in [-0.2, 0) is 4.74 Å². The van der Waals surface area contributed by atoms with Gasteiger partial charge in [-0.2, -0.15) is 0 Å². The maximum absolute atomic E-state index is 12.8. The van der Waals surface area contributed by atoms with Gasteiger partial charge >= 0.3 is 11.9 Å². The predicted molar refractivity (Wildman–Crippen MR) is 228 cm³/mol. The zero-order valence-corrected chi connectivity index (χ0v) is 33.0. The summed E-state index contributed by atoms with van der Waals surface area (Å²) in [5, 5.41) is 11.6. The molecule has 2 aliphatic heterocycles. The number of esters is 1. The van der Waals surface area contributed by atoms with Gasteiger partial charge in [0.2, 0.25) is 0 Å². The number of imidazole rings is 2. The molecule has 14 nitrogen and oxygen atoms in total. The molecule has 58 heavy (non-hydrogen) atoms. The van der Waals surface area contributed by atoms with Crippen molar-refractivity contribution in [1.82, 2.24) is 38.5 Å². The number of nitrogens with zero attached hydrogens (tertiary/aromatic N) is 10. The molecule has 0 spiro atoms. The zero-order valence-electron chi connectivity index (χ0n) is 33.0. The van der Waals surface area contributed by atoms with Crippen LogP contribution in [0.3, 0.4) is 0 Å². The van der Waals surface area contributed by atoms with E-state index in [4.69, 9.17) is 14.7 Å². The first-order valence-corrected chi connectivity index (χ1v) is 20.0. The fraction of sp³-hybridized carbons (Fsp3) is 0.318. The molecule has 8 aromatic rings. The molecule has 10 rings (SSSR count). The van der Waals surface area contributed by atoms with Gasteiger partial charge in [0, 0.05) is 73.8 Å². The van der Waals surface area contributed by atoms with Crippen LogP contribution in [0.4, 0.5) is 11.4 Å².